The topological polar surface area (TPSA) is 9.23 Å². The van der Waals surface area contributed by atoms with Gasteiger partial charge in [0.15, 0.2) is 0 Å². The lowest BCUT2D eigenvalue weighted by atomic mass is 10.6. The van der Waals surface area contributed by atoms with Gasteiger partial charge in [-0.3, -0.25) is 0 Å². The summed E-state index contributed by atoms with van der Waals surface area (Å²) in [4.78, 5) is 0. The molecule has 7 heavy (non-hydrogen) atoms. The summed E-state index contributed by atoms with van der Waals surface area (Å²) in [7, 11) is 1.69. The summed E-state index contributed by atoms with van der Waals surface area (Å²) < 4.78 is 5.82. The first-order valence-electron chi connectivity index (χ1n) is 2.11. The van der Waals surface area contributed by atoms with Gasteiger partial charge in [-0.25, -0.2) is 0 Å². The maximum absolute atomic E-state index is 4.75. The maximum Gasteiger partial charge on any atom is 0.0643 e. The second-order valence-electron chi connectivity index (χ2n) is 1.08. The van der Waals surface area contributed by atoms with E-state index in [0.29, 0.717) is 0 Å². The van der Waals surface area contributed by atoms with Gasteiger partial charge in [0.2, 0.25) is 0 Å². The van der Waals surface area contributed by atoms with Crippen LogP contribution in [0.4, 0.5) is 0 Å². The zero-order chi connectivity index (χ0) is 5.54. The van der Waals surface area contributed by atoms with Gasteiger partial charge in [0, 0.05) is 11.5 Å². The quantitative estimate of drug-likeness (QED) is 0.392. The lowest BCUT2D eigenvalue weighted by Crippen LogP contribution is -1.79. The molecule has 0 saturated carbocycles. The molecular weight excluding hydrogens is 203 g/mol. The van der Waals surface area contributed by atoms with E-state index >= 15 is 0 Å². The lowest BCUT2D eigenvalue weighted by molar-refractivity contribution is 0.234. The Hall–Kier alpha value is 0.430. The molecule has 0 aliphatic rings. The Kier molecular flexibility index (Phi) is 6.82. The fourth-order valence-corrected chi connectivity index (χ4v) is 0.587. The van der Waals surface area contributed by atoms with Crippen molar-refractivity contribution in [3.63, 3.8) is 0 Å². The first-order valence-corrected chi connectivity index (χ1v) is 3.64. The van der Waals surface area contributed by atoms with Crippen LogP contribution in [-0.4, -0.2) is 18.1 Å². The Labute approximate surface area is 57.9 Å². The standard InChI is InChI=1S/C5H9IO/c1-7-5-3-2-4-6/h2-3H,4-5H2,1H3. The van der Waals surface area contributed by atoms with Gasteiger partial charge in [0.05, 0.1) is 6.61 Å². The van der Waals surface area contributed by atoms with E-state index in [4.69, 9.17) is 4.74 Å². The average molecular weight is 212 g/mol. The molecule has 0 aliphatic carbocycles. The van der Waals surface area contributed by atoms with Crippen molar-refractivity contribution in [2.24, 2.45) is 0 Å². The van der Waals surface area contributed by atoms with Crippen molar-refractivity contribution in [2.45, 2.75) is 0 Å². The minimum Gasteiger partial charge on any atom is -0.381 e. The fraction of sp³-hybridized carbons (Fsp3) is 0.600. The highest BCUT2D eigenvalue weighted by Gasteiger charge is 1.67. The molecule has 0 bridgehead atoms. The smallest absolute Gasteiger partial charge is 0.0643 e. The highest BCUT2D eigenvalue weighted by atomic mass is 127. The summed E-state index contributed by atoms with van der Waals surface area (Å²) in [6.45, 7) is 0.739. The molecule has 0 aromatic carbocycles. The molecule has 0 rings (SSSR count). The molecular formula is C5H9IO. The molecule has 0 aromatic rings. The number of ether oxygens (including phenoxy) is 1. The molecule has 0 heterocycles. The number of hydrogen-bond acceptors (Lipinski definition) is 1. The fourth-order valence-electron chi connectivity index (χ4n) is 0.227. The van der Waals surface area contributed by atoms with E-state index in [1.807, 2.05) is 6.08 Å². The minimum absolute atomic E-state index is 0.739. The zero-order valence-corrected chi connectivity index (χ0v) is 6.51. The van der Waals surface area contributed by atoms with Crippen LogP contribution >= 0.6 is 22.6 Å². The van der Waals surface area contributed by atoms with Crippen molar-refractivity contribution >= 4 is 22.6 Å². The SMILES string of the molecule is COCC=CCI. The molecule has 42 valence electrons. The Morgan fingerprint density at radius 1 is 1.57 bits per heavy atom. The Balaban J connectivity index is 2.78. The molecule has 0 atom stereocenters. The van der Waals surface area contributed by atoms with Crippen molar-refractivity contribution in [1.29, 1.82) is 0 Å². The first kappa shape index (κ1) is 7.43. The third-order valence-corrected chi connectivity index (χ3v) is 1.03. The van der Waals surface area contributed by atoms with Gasteiger partial charge in [0.1, 0.15) is 0 Å². The third kappa shape index (κ3) is 6.43. The molecule has 0 unspecified atom stereocenters. The summed E-state index contributed by atoms with van der Waals surface area (Å²) in [5.41, 5.74) is 0. The van der Waals surface area contributed by atoms with E-state index in [0.717, 1.165) is 11.0 Å². The predicted molar refractivity (Wildman–Crippen MR) is 39.9 cm³/mol. The third-order valence-electron chi connectivity index (χ3n) is 0.519. The van der Waals surface area contributed by atoms with E-state index < -0.39 is 0 Å². The number of alkyl halides is 1. The summed E-state index contributed by atoms with van der Waals surface area (Å²) >= 11 is 2.28. The van der Waals surface area contributed by atoms with Crippen LogP contribution in [0.1, 0.15) is 0 Å². The number of halogens is 1. The van der Waals surface area contributed by atoms with Crippen LogP contribution in [0.15, 0.2) is 12.2 Å². The molecule has 0 aromatic heterocycles. The van der Waals surface area contributed by atoms with Crippen LogP contribution in [0.3, 0.4) is 0 Å². The van der Waals surface area contributed by atoms with Crippen LogP contribution in [-0.2, 0) is 4.74 Å². The van der Waals surface area contributed by atoms with Gasteiger partial charge in [-0.1, -0.05) is 34.7 Å². The molecule has 1 nitrogen and oxygen atoms in total. The predicted octanol–water partition coefficient (Wildman–Crippen LogP) is 1.62. The van der Waals surface area contributed by atoms with Gasteiger partial charge < -0.3 is 4.74 Å². The van der Waals surface area contributed by atoms with Crippen molar-refractivity contribution in [2.75, 3.05) is 18.1 Å². The van der Waals surface area contributed by atoms with Crippen LogP contribution < -0.4 is 0 Å². The summed E-state index contributed by atoms with van der Waals surface area (Å²) in [5, 5.41) is 0. The van der Waals surface area contributed by atoms with Crippen molar-refractivity contribution in [3.8, 4) is 0 Å². The summed E-state index contributed by atoms with van der Waals surface area (Å²) in [5.74, 6) is 0. The lowest BCUT2D eigenvalue weighted by Gasteiger charge is -1.83. The summed E-state index contributed by atoms with van der Waals surface area (Å²) in [6, 6.07) is 0. The van der Waals surface area contributed by atoms with Gasteiger partial charge in [-0.05, 0) is 0 Å². The van der Waals surface area contributed by atoms with Crippen LogP contribution in [0.25, 0.3) is 0 Å². The number of methoxy groups -OCH3 is 1. The van der Waals surface area contributed by atoms with Crippen LogP contribution in [0.2, 0.25) is 0 Å². The number of hydrogen-bond donors (Lipinski definition) is 0. The molecule has 0 saturated heterocycles. The molecule has 2 heteroatoms. The van der Waals surface area contributed by atoms with Crippen LogP contribution in [0, 0.1) is 0 Å². The van der Waals surface area contributed by atoms with E-state index in [1.54, 1.807) is 7.11 Å². The van der Waals surface area contributed by atoms with Gasteiger partial charge in [-0.2, -0.15) is 0 Å². The monoisotopic (exact) mass is 212 g/mol. The highest BCUT2D eigenvalue weighted by molar-refractivity contribution is 14.1. The van der Waals surface area contributed by atoms with Crippen molar-refractivity contribution in [3.05, 3.63) is 12.2 Å². The molecule has 0 amide bonds. The molecule has 0 spiro atoms. The molecule has 0 fully saturated rings. The van der Waals surface area contributed by atoms with Crippen molar-refractivity contribution in [1.82, 2.24) is 0 Å². The first-order chi connectivity index (χ1) is 3.41. The molecule has 0 N–H and O–H groups in total. The maximum atomic E-state index is 4.75. The van der Waals surface area contributed by atoms with E-state index in [2.05, 4.69) is 28.7 Å². The van der Waals surface area contributed by atoms with E-state index in [-0.39, 0.29) is 0 Å². The summed E-state index contributed by atoms with van der Waals surface area (Å²) in [6.07, 6.45) is 4.08. The second kappa shape index (κ2) is 6.43. The van der Waals surface area contributed by atoms with Crippen LogP contribution in [0.5, 0.6) is 0 Å². The Morgan fingerprint density at radius 2 is 2.29 bits per heavy atom. The minimum atomic E-state index is 0.739. The molecule has 0 aliphatic heterocycles. The van der Waals surface area contributed by atoms with Crippen molar-refractivity contribution < 1.29 is 4.74 Å². The van der Waals surface area contributed by atoms with E-state index in [9.17, 15) is 0 Å². The van der Waals surface area contributed by atoms with E-state index in [1.165, 1.54) is 0 Å². The molecule has 0 radical (unpaired) electrons. The zero-order valence-electron chi connectivity index (χ0n) is 4.36. The van der Waals surface area contributed by atoms with Gasteiger partial charge in [-0.15, -0.1) is 0 Å². The average Bonchev–Trinajstić information content (AvgIpc) is 1.69. The normalized spacial score (nSPS) is 10.6. The number of allylic oxidation sites excluding steroid dienone is 1. The number of rotatable bonds is 3. The Bertz CT molecular complexity index is 52.0. The Morgan fingerprint density at radius 3 is 2.71 bits per heavy atom. The van der Waals surface area contributed by atoms with Gasteiger partial charge >= 0.3 is 0 Å². The highest BCUT2D eigenvalue weighted by Crippen LogP contribution is 1.81. The van der Waals surface area contributed by atoms with Gasteiger partial charge in [0.25, 0.3) is 0 Å². The second-order valence-corrected chi connectivity index (χ2v) is 1.96. The largest absolute Gasteiger partial charge is 0.381 e.